The number of hydrogen-bond acceptors (Lipinski definition) is 3. The number of aryl methyl sites for hydroxylation is 1. The van der Waals surface area contributed by atoms with Gasteiger partial charge in [-0.3, -0.25) is 9.59 Å². The standard InChI is InChI=1S/C18H20N2O2S/c21-17(10-9-16-4-3-13-23-16)19-15-7-5-14(6-8-15)18(22)20-11-1-2-12-20/h3-8,13H,1-2,9-12H2,(H,19,21). The lowest BCUT2D eigenvalue weighted by atomic mass is 10.1. The van der Waals surface area contributed by atoms with Crippen LogP contribution >= 0.6 is 11.3 Å². The molecule has 1 aromatic carbocycles. The molecule has 1 saturated heterocycles. The maximum atomic E-state index is 12.3. The summed E-state index contributed by atoms with van der Waals surface area (Å²) in [7, 11) is 0. The molecule has 3 rings (SSSR count). The van der Waals surface area contributed by atoms with Gasteiger partial charge in [-0.2, -0.15) is 0 Å². The maximum Gasteiger partial charge on any atom is 0.253 e. The number of amides is 2. The van der Waals surface area contributed by atoms with Crippen molar-refractivity contribution in [2.24, 2.45) is 0 Å². The Morgan fingerprint density at radius 1 is 1.09 bits per heavy atom. The van der Waals surface area contributed by atoms with Gasteiger partial charge in [-0.15, -0.1) is 11.3 Å². The van der Waals surface area contributed by atoms with Crippen LogP contribution in [0.4, 0.5) is 5.69 Å². The number of nitrogens with zero attached hydrogens (tertiary/aromatic N) is 1. The van der Waals surface area contributed by atoms with E-state index in [1.54, 1.807) is 35.6 Å². The zero-order valence-electron chi connectivity index (χ0n) is 13.0. The number of carbonyl (C=O) groups is 2. The SMILES string of the molecule is O=C(CCc1cccs1)Nc1ccc(C(=O)N2CCCC2)cc1. The third-order valence-corrected chi connectivity index (χ3v) is 4.92. The Labute approximate surface area is 140 Å². The van der Waals surface area contributed by atoms with Gasteiger partial charge in [0.2, 0.25) is 5.91 Å². The number of hydrogen-bond donors (Lipinski definition) is 1. The molecule has 1 fully saturated rings. The molecule has 5 heteroatoms. The Balaban J connectivity index is 1.52. The van der Waals surface area contributed by atoms with Crippen molar-refractivity contribution in [3.8, 4) is 0 Å². The number of anilines is 1. The normalized spacial score (nSPS) is 14.0. The Hall–Kier alpha value is -2.14. The van der Waals surface area contributed by atoms with Crippen LogP contribution in [0.2, 0.25) is 0 Å². The van der Waals surface area contributed by atoms with E-state index >= 15 is 0 Å². The molecular formula is C18H20N2O2S. The first-order valence-corrected chi connectivity index (χ1v) is 8.82. The highest BCUT2D eigenvalue weighted by molar-refractivity contribution is 7.09. The minimum Gasteiger partial charge on any atom is -0.339 e. The second-order valence-electron chi connectivity index (χ2n) is 5.70. The van der Waals surface area contributed by atoms with Crippen LogP contribution in [-0.4, -0.2) is 29.8 Å². The van der Waals surface area contributed by atoms with Crippen LogP contribution in [0.1, 0.15) is 34.5 Å². The fourth-order valence-corrected chi connectivity index (χ4v) is 3.42. The minimum absolute atomic E-state index is 0.00276. The molecule has 1 aliphatic rings. The summed E-state index contributed by atoms with van der Waals surface area (Å²) in [6, 6.07) is 11.2. The van der Waals surface area contributed by atoms with Crippen LogP contribution in [-0.2, 0) is 11.2 Å². The Morgan fingerprint density at radius 2 is 1.83 bits per heavy atom. The molecule has 120 valence electrons. The third kappa shape index (κ3) is 4.20. The predicted octanol–water partition coefficient (Wildman–Crippen LogP) is 3.56. The first-order chi connectivity index (χ1) is 11.2. The monoisotopic (exact) mass is 328 g/mol. The smallest absolute Gasteiger partial charge is 0.253 e. The van der Waals surface area contributed by atoms with Gasteiger partial charge >= 0.3 is 0 Å². The summed E-state index contributed by atoms with van der Waals surface area (Å²) >= 11 is 1.67. The molecule has 0 bridgehead atoms. The van der Waals surface area contributed by atoms with Crippen molar-refractivity contribution in [3.63, 3.8) is 0 Å². The first kappa shape index (κ1) is 15.7. The van der Waals surface area contributed by atoms with Crippen molar-refractivity contribution in [1.29, 1.82) is 0 Å². The van der Waals surface area contributed by atoms with Crippen molar-refractivity contribution >= 4 is 28.8 Å². The minimum atomic E-state index is -0.00276. The molecular weight excluding hydrogens is 308 g/mol. The van der Waals surface area contributed by atoms with E-state index < -0.39 is 0 Å². The number of benzene rings is 1. The highest BCUT2D eigenvalue weighted by Gasteiger charge is 2.19. The van der Waals surface area contributed by atoms with Gasteiger partial charge in [0, 0.05) is 35.6 Å². The zero-order valence-corrected chi connectivity index (χ0v) is 13.8. The predicted molar refractivity (Wildman–Crippen MR) is 92.8 cm³/mol. The summed E-state index contributed by atoms with van der Waals surface area (Å²) < 4.78 is 0. The maximum absolute atomic E-state index is 12.3. The molecule has 0 saturated carbocycles. The van der Waals surface area contributed by atoms with Crippen molar-refractivity contribution in [2.45, 2.75) is 25.7 Å². The number of rotatable bonds is 5. The van der Waals surface area contributed by atoms with Gasteiger partial charge in [-0.25, -0.2) is 0 Å². The van der Waals surface area contributed by atoms with E-state index in [-0.39, 0.29) is 11.8 Å². The highest BCUT2D eigenvalue weighted by Crippen LogP contribution is 2.16. The number of thiophene rings is 1. The average Bonchev–Trinajstić information content (AvgIpc) is 3.26. The van der Waals surface area contributed by atoms with E-state index in [2.05, 4.69) is 5.32 Å². The Bertz CT molecular complexity index is 659. The highest BCUT2D eigenvalue weighted by atomic mass is 32.1. The van der Waals surface area contributed by atoms with E-state index in [1.165, 1.54) is 4.88 Å². The average molecular weight is 328 g/mol. The second kappa shape index (κ2) is 7.42. The van der Waals surface area contributed by atoms with E-state index in [0.29, 0.717) is 12.0 Å². The molecule has 23 heavy (non-hydrogen) atoms. The molecule has 0 radical (unpaired) electrons. The van der Waals surface area contributed by atoms with Crippen molar-refractivity contribution in [1.82, 2.24) is 4.90 Å². The lowest BCUT2D eigenvalue weighted by Crippen LogP contribution is -2.27. The number of likely N-dealkylation sites (tertiary alicyclic amines) is 1. The summed E-state index contributed by atoms with van der Waals surface area (Å²) in [6.07, 6.45) is 3.40. The van der Waals surface area contributed by atoms with Gasteiger partial charge in [-0.05, 0) is 55.0 Å². The molecule has 1 N–H and O–H groups in total. The summed E-state index contributed by atoms with van der Waals surface area (Å²) in [5.74, 6) is 0.0788. The molecule has 0 spiro atoms. The molecule has 2 amide bonds. The quantitative estimate of drug-likeness (QED) is 0.912. The molecule has 1 aromatic heterocycles. The topological polar surface area (TPSA) is 49.4 Å². The lowest BCUT2D eigenvalue weighted by Gasteiger charge is -2.15. The third-order valence-electron chi connectivity index (χ3n) is 3.99. The summed E-state index contributed by atoms with van der Waals surface area (Å²) in [5.41, 5.74) is 1.42. The number of carbonyl (C=O) groups excluding carboxylic acids is 2. The first-order valence-electron chi connectivity index (χ1n) is 7.94. The van der Waals surface area contributed by atoms with Crippen LogP contribution in [0.3, 0.4) is 0 Å². The summed E-state index contributed by atoms with van der Waals surface area (Å²) in [4.78, 5) is 27.3. The number of nitrogens with one attached hydrogen (secondary N) is 1. The van der Waals surface area contributed by atoms with E-state index in [1.807, 2.05) is 22.4 Å². The van der Waals surface area contributed by atoms with Crippen LogP contribution in [0.5, 0.6) is 0 Å². The van der Waals surface area contributed by atoms with Crippen LogP contribution < -0.4 is 5.32 Å². The molecule has 0 unspecified atom stereocenters. The fraction of sp³-hybridized carbons (Fsp3) is 0.333. The van der Waals surface area contributed by atoms with Gasteiger partial charge in [0.15, 0.2) is 0 Å². The van der Waals surface area contributed by atoms with Gasteiger partial charge in [-0.1, -0.05) is 6.07 Å². The van der Waals surface area contributed by atoms with Gasteiger partial charge in [0.25, 0.3) is 5.91 Å². The van der Waals surface area contributed by atoms with E-state index in [4.69, 9.17) is 0 Å². The van der Waals surface area contributed by atoms with Crippen LogP contribution in [0.15, 0.2) is 41.8 Å². The molecule has 0 aliphatic carbocycles. The zero-order chi connectivity index (χ0) is 16.1. The van der Waals surface area contributed by atoms with Crippen molar-refractivity contribution in [2.75, 3.05) is 18.4 Å². The lowest BCUT2D eigenvalue weighted by molar-refractivity contribution is -0.116. The summed E-state index contributed by atoms with van der Waals surface area (Å²) in [6.45, 7) is 1.69. The molecule has 2 heterocycles. The van der Waals surface area contributed by atoms with Crippen molar-refractivity contribution in [3.05, 3.63) is 52.2 Å². The van der Waals surface area contributed by atoms with E-state index in [9.17, 15) is 9.59 Å². The Kier molecular flexibility index (Phi) is 5.08. The molecule has 4 nitrogen and oxygen atoms in total. The Morgan fingerprint density at radius 3 is 2.48 bits per heavy atom. The van der Waals surface area contributed by atoms with Gasteiger partial charge in [0.05, 0.1) is 0 Å². The van der Waals surface area contributed by atoms with Crippen LogP contribution in [0.25, 0.3) is 0 Å². The van der Waals surface area contributed by atoms with Crippen molar-refractivity contribution < 1.29 is 9.59 Å². The fourth-order valence-electron chi connectivity index (χ4n) is 2.71. The molecule has 0 atom stereocenters. The van der Waals surface area contributed by atoms with Gasteiger partial charge in [0.1, 0.15) is 0 Å². The largest absolute Gasteiger partial charge is 0.339 e. The second-order valence-corrected chi connectivity index (χ2v) is 6.74. The van der Waals surface area contributed by atoms with E-state index in [0.717, 1.165) is 38.0 Å². The molecule has 2 aromatic rings. The van der Waals surface area contributed by atoms with Crippen LogP contribution in [0, 0.1) is 0 Å². The molecule has 1 aliphatic heterocycles. The summed E-state index contributed by atoms with van der Waals surface area (Å²) in [5, 5.41) is 4.90. The van der Waals surface area contributed by atoms with Gasteiger partial charge < -0.3 is 10.2 Å².